The first kappa shape index (κ1) is 9.42. The van der Waals surface area contributed by atoms with Crippen molar-refractivity contribution in [3.8, 4) is 17.1 Å². The largest absolute Gasteiger partial charge is 0.496 e. The van der Waals surface area contributed by atoms with Gasteiger partial charge in [0.15, 0.2) is 5.76 Å². The number of ether oxygens (including phenoxy) is 1. The van der Waals surface area contributed by atoms with Crippen LogP contribution in [0.4, 0.5) is 0 Å². The molecule has 0 saturated heterocycles. The SMILES string of the molecule is COc1ccccc1-c1onc2c1CNC2. The van der Waals surface area contributed by atoms with E-state index in [1.165, 1.54) is 0 Å². The molecule has 0 unspecified atom stereocenters. The molecule has 1 aromatic heterocycles. The summed E-state index contributed by atoms with van der Waals surface area (Å²) in [4.78, 5) is 0. The van der Waals surface area contributed by atoms with E-state index in [1.807, 2.05) is 24.3 Å². The summed E-state index contributed by atoms with van der Waals surface area (Å²) in [5, 5.41) is 7.31. The number of nitrogens with one attached hydrogen (secondary N) is 1. The van der Waals surface area contributed by atoms with Gasteiger partial charge in [0.05, 0.1) is 12.7 Å². The summed E-state index contributed by atoms with van der Waals surface area (Å²) in [5.74, 6) is 1.63. The van der Waals surface area contributed by atoms with Gasteiger partial charge in [-0.25, -0.2) is 0 Å². The number of para-hydroxylation sites is 1. The van der Waals surface area contributed by atoms with Gasteiger partial charge < -0.3 is 14.6 Å². The highest BCUT2D eigenvalue weighted by molar-refractivity contribution is 5.69. The van der Waals surface area contributed by atoms with Gasteiger partial charge in [-0.3, -0.25) is 0 Å². The number of hydrogen-bond acceptors (Lipinski definition) is 4. The van der Waals surface area contributed by atoms with Crippen LogP contribution in [0.2, 0.25) is 0 Å². The Bertz CT molecular complexity index is 519. The van der Waals surface area contributed by atoms with Crippen molar-refractivity contribution in [2.45, 2.75) is 13.1 Å². The maximum atomic E-state index is 5.40. The molecular formula is C12H12N2O2. The molecule has 0 amide bonds. The van der Waals surface area contributed by atoms with Gasteiger partial charge in [-0.2, -0.15) is 0 Å². The van der Waals surface area contributed by atoms with Crippen molar-refractivity contribution in [3.05, 3.63) is 35.5 Å². The van der Waals surface area contributed by atoms with E-state index < -0.39 is 0 Å². The van der Waals surface area contributed by atoms with Gasteiger partial charge in [-0.05, 0) is 12.1 Å². The molecular weight excluding hydrogens is 204 g/mol. The molecule has 0 fully saturated rings. The first-order valence-electron chi connectivity index (χ1n) is 5.21. The smallest absolute Gasteiger partial charge is 0.175 e. The Balaban J connectivity index is 2.15. The lowest BCUT2D eigenvalue weighted by atomic mass is 10.1. The number of methoxy groups -OCH3 is 1. The minimum absolute atomic E-state index is 0.786. The zero-order chi connectivity index (χ0) is 11.0. The van der Waals surface area contributed by atoms with Crippen molar-refractivity contribution in [3.63, 3.8) is 0 Å². The third-order valence-corrected chi connectivity index (χ3v) is 2.82. The van der Waals surface area contributed by atoms with Crippen LogP contribution < -0.4 is 10.1 Å². The number of rotatable bonds is 2. The van der Waals surface area contributed by atoms with Crippen LogP contribution in [0, 0.1) is 0 Å². The first-order chi connectivity index (χ1) is 7.90. The zero-order valence-electron chi connectivity index (χ0n) is 8.99. The van der Waals surface area contributed by atoms with Crippen molar-refractivity contribution < 1.29 is 9.26 Å². The molecule has 0 saturated carbocycles. The van der Waals surface area contributed by atoms with E-state index >= 15 is 0 Å². The monoisotopic (exact) mass is 216 g/mol. The van der Waals surface area contributed by atoms with Gasteiger partial charge in [0.25, 0.3) is 0 Å². The van der Waals surface area contributed by atoms with Crippen molar-refractivity contribution in [1.82, 2.24) is 10.5 Å². The maximum Gasteiger partial charge on any atom is 0.175 e. The van der Waals surface area contributed by atoms with Gasteiger partial charge in [-0.15, -0.1) is 0 Å². The summed E-state index contributed by atoms with van der Waals surface area (Å²) >= 11 is 0. The molecule has 0 atom stereocenters. The highest BCUT2D eigenvalue weighted by Gasteiger charge is 2.23. The lowest BCUT2D eigenvalue weighted by Gasteiger charge is -2.05. The van der Waals surface area contributed by atoms with Crippen LogP contribution in [-0.2, 0) is 13.1 Å². The van der Waals surface area contributed by atoms with E-state index in [4.69, 9.17) is 9.26 Å². The Kier molecular flexibility index (Phi) is 2.15. The normalized spacial score (nSPS) is 13.8. The number of benzene rings is 1. The molecule has 0 spiro atoms. The first-order valence-corrected chi connectivity index (χ1v) is 5.21. The third-order valence-electron chi connectivity index (χ3n) is 2.82. The fourth-order valence-corrected chi connectivity index (χ4v) is 2.01. The van der Waals surface area contributed by atoms with E-state index in [0.717, 1.165) is 41.4 Å². The molecule has 16 heavy (non-hydrogen) atoms. The van der Waals surface area contributed by atoms with Crippen LogP contribution in [0.25, 0.3) is 11.3 Å². The molecule has 1 N–H and O–H groups in total. The molecule has 3 rings (SSSR count). The maximum absolute atomic E-state index is 5.40. The third kappa shape index (κ3) is 1.31. The predicted octanol–water partition coefficient (Wildman–Crippen LogP) is 1.95. The van der Waals surface area contributed by atoms with Crippen LogP contribution in [0.5, 0.6) is 5.75 Å². The quantitative estimate of drug-likeness (QED) is 0.833. The molecule has 4 nitrogen and oxygen atoms in total. The van der Waals surface area contributed by atoms with E-state index in [9.17, 15) is 0 Å². The standard InChI is InChI=1S/C12H12N2O2/c1-15-11-5-3-2-4-8(11)12-9-6-13-7-10(9)14-16-12/h2-5,13H,6-7H2,1H3. The number of hydrogen-bond donors (Lipinski definition) is 1. The summed E-state index contributed by atoms with van der Waals surface area (Å²) in [6, 6.07) is 7.82. The fourth-order valence-electron chi connectivity index (χ4n) is 2.01. The Morgan fingerprint density at radius 2 is 2.19 bits per heavy atom. The highest BCUT2D eigenvalue weighted by Crippen LogP contribution is 2.34. The molecule has 82 valence electrons. The topological polar surface area (TPSA) is 47.3 Å². The number of fused-ring (bicyclic) bond motifs is 1. The van der Waals surface area contributed by atoms with Crippen molar-refractivity contribution >= 4 is 0 Å². The number of nitrogens with zero attached hydrogens (tertiary/aromatic N) is 1. The zero-order valence-corrected chi connectivity index (χ0v) is 8.99. The molecule has 4 heteroatoms. The summed E-state index contributed by atoms with van der Waals surface area (Å²) < 4.78 is 10.7. The van der Waals surface area contributed by atoms with Crippen LogP contribution in [0.15, 0.2) is 28.8 Å². The van der Waals surface area contributed by atoms with Gasteiger partial charge in [0.1, 0.15) is 11.4 Å². The van der Waals surface area contributed by atoms with E-state index in [0.29, 0.717) is 0 Å². The van der Waals surface area contributed by atoms with Crippen molar-refractivity contribution in [2.75, 3.05) is 7.11 Å². The fraction of sp³-hybridized carbons (Fsp3) is 0.250. The second kappa shape index (κ2) is 3.64. The average Bonchev–Trinajstić information content (AvgIpc) is 2.91. The summed E-state index contributed by atoms with van der Waals surface area (Å²) in [7, 11) is 1.66. The molecule has 1 aliphatic heterocycles. The minimum Gasteiger partial charge on any atom is -0.496 e. The van der Waals surface area contributed by atoms with E-state index in [2.05, 4.69) is 10.5 Å². The van der Waals surface area contributed by atoms with Crippen LogP contribution >= 0.6 is 0 Å². The molecule has 2 heterocycles. The summed E-state index contributed by atoms with van der Waals surface area (Å²) in [6.07, 6.45) is 0. The Morgan fingerprint density at radius 3 is 3.06 bits per heavy atom. The highest BCUT2D eigenvalue weighted by atomic mass is 16.5. The molecule has 1 aromatic carbocycles. The Hall–Kier alpha value is -1.81. The van der Waals surface area contributed by atoms with E-state index in [-0.39, 0.29) is 0 Å². The molecule has 0 radical (unpaired) electrons. The van der Waals surface area contributed by atoms with Crippen molar-refractivity contribution in [2.24, 2.45) is 0 Å². The van der Waals surface area contributed by atoms with Gasteiger partial charge >= 0.3 is 0 Å². The van der Waals surface area contributed by atoms with Crippen LogP contribution in [0.3, 0.4) is 0 Å². The van der Waals surface area contributed by atoms with Crippen molar-refractivity contribution in [1.29, 1.82) is 0 Å². The Labute approximate surface area is 93.2 Å². The molecule has 0 aliphatic carbocycles. The average molecular weight is 216 g/mol. The number of aromatic nitrogens is 1. The summed E-state index contributed by atoms with van der Waals surface area (Å²) in [6.45, 7) is 1.60. The second-order valence-corrected chi connectivity index (χ2v) is 3.74. The molecule has 1 aliphatic rings. The molecule has 2 aromatic rings. The lowest BCUT2D eigenvalue weighted by molar-refractivity contribution is 0.401. The Morgan fingerprint density at radius 1 is 1.31 bits per heavy atom. The predicted molar refractivity (Wildman–Crippen MR) is 59.0 cm³/mol. The lowest BCUT2D eigenvalue weighted by Crippen LogP contribution is -2.02. The van der Waals surface area contributed by atoms with E-state index in [1.54, 1.807) is 7.11 Å². The van der Waals surface area contributed by atoms with Crippen LogP contribution in [0.1, 0.15) is 11.3 Å². The van der Waals surface area contributed by atoms with Crippen LogP contribution in [-0.4, -0.2) is 12.3 Å². The summed E-state index contributed by atoms with van der Waals surface area (Å²) in [5.41, 5.74) is 3.10. The van der Waals surface area contributed by atoms with Gasteiger partial charge in [0, 0.05) is 18.7 Å². The van der Waals surface area contributed by atoms with Gasteiger partial charge in [0.2, 0.25) is 0 Å². The minimum atomic E-state index is 0.786. The second-order valence-electron chi connectivity index (χ2n) is 3.74. The molecule has 0 bridgehead atoms. The van der Waals surface area contributed by atoms with Gasteiger partial charge in [-0.1, -0.05) is 17.3 Å².